The van der Waals surface area contributed by atoms with Gasteiger partial charge in [0.05, 0.1) is 70.8 Å². The topological polar surface area (TPSA) is 225 Å². The summed E-state index contributed by atoms with van der Waals surface area (Å²) in [6.45, 7) is 5.31. The second kappa shape index (κ2) is 31.8. The third kappa shape index (κ3) is 18.1. The number of carboxylic acid groups (broad SMARTS) is 3. The second-order valence-electron chi connectivity index (χ2n) is 28.2. The summed E-state index contributed by atoms with van der Waals surface area (Å²) in [5.41, 5.74) is 10.1. The molecule has 3 saturated carbocycles. The van der Waals surface area contributed by atoms with Crippen molar-refractivity contribution in [1.82, 2.24) is 15.0 Å². The number of aliphatic imine (C=N–C) groups is 3. The summed E-state index contributed by atoms with van der Waals surface area (Å²) in [7, 11) is 0. The fourth-order valence-corrected chi connectivity index (χ4v) is 15.7. The number of ether oxygens (including phenoxy) is 3. The predicted octanol–water partition coefficient (Wildman–Crippen LogP) is 14.5. The van der Waals surface area contributed by atoms with Gasteiger partial charge in [0.1, 0.15) is 29.1 Å². The standard InChI is InChI=1S/C26H29F2N3O3.C26H30FN3O3.C25H28FN3O3/c27-21-12-18-13-23(30-24(18)14-22(21)28)17-3-6-25(29-15-17)31-9-7-20(8-10-31)34-19-4-1-16(2-5-19)11-26(32)33;27-20-4-7-23-19(14-20)15-24(29-23)18-3-8-25(28-16-18)30-11-9-22(10-12-30)33-21-5-1-17(2-6-21)13-26(31)32;26-19-4-7-22-18(12-19)13-23(28-22)17-3-8-24(27-14-17)29-10-9-21(15-29)32-20-5-1-16(2-6-20)11-25(30)31/h3,6,12,14-16,19-20H,1-2,4-5,7-11,13H2,(H,32,33);3-4,7-8,14,16-17,21-22H,1-2,5-6,9-13,15H2,(H,31,32);3-4,7-8,12,14,16,20-21H,1-2,5-6,9-11,13,15H2,(H,30,31)/t;;16?,20?,21-/m..1/s1. The minimum atomic E-state index is -0.879. The first-order valence-corrected chi connectivity index (χ1v) is 35.5. The van der Waals surface area contributed by atoms with Gasteiger partial charge >= 0.3 is 17.9 Å². The van der Waals surface area contributed by atoms with Crippen LogP contribution in [0.4, 0.5) is 52.1 Å². The summed E-state index contributed by atoms with van der Waals surface area (Å²) < 4.78 is 73.0. The first kappa shape index (κ1) is 69.0. The molecule has 6 fully saturated rings. The summed E-state index contributed by atoms with van der Waals surface area (Å²) >= 11 is 0. The normalized spacial score (nSPS) is 23.7. The van der Waals surface area contributed by atoms with Crippen molar-refractivity contribution in [2.24, 2.45) is 32.7 Å². The number of nitrogens with zero attached hydrogens (tertiary/aromatic N) is 9. The molecule has 3 N–H and O–H groups in total. The van der Waals surface area contributed by atoms with Crippen LogP contribution in [0.1, 0.15) is 162 Å². The maximum Gasteiger partial charge on any atom is 0.303 e. The fraction of sp³-hybridized carbons (Fsp3) is 0.494. The molecule has 0 spiro atoms. The van der Waals surface area contributed by atoms with E-state index in [9.17, 15) is 31.9 Å². The fourth-order valence-electron chi connectivity index (χ4n) is 15.7. The summed E-state index contributed by atoms with van der Waals surface area (Å²) in [5.74, 6) is -0.559. The lowest BCUT2D eigenvalue weighted by atomic mass is 9.85. The average molecular weight is 1360 g/mol. The number of carboxylic acids is 3. The van der Waals surface area contributed by atoms with Gasteiger partial charge in [-0.25, -0.2) is 32.5 Å². The Morgan fingerprint density at radius 3 is 1.07 bits per heavy atom. The molecule has 0 radical (unpaired) electrons. The smallest absolute Gasteiger partial charge is 0.303 e. The van der Waals surface area contributed by atoms with E-state index in [0.717, 1.165) is 228 Å². The molecule has 9 heterocycles. The van der Waals surface area contributed by atoms with Crippen LogP contribution in [0.5, 0.6) is 0 Å². The van der Waals surface area contributed by atoms with E-state index >= 15 is 0 Å². The van der Waals surface area contributed by atoms with Crippen LogP contribution in [0, 0.1) is 41.0 Å². The molecule has 3 aromatic heterocycles. The Hall–Kier alpha value is -8.47. The van der Waals surface area contributed by atoms with Gasteiger partial charge in [-0.05, 0) is 222 Å². The lowest BCUT2D eigenvalue weighted by molar-refractivity contribution is -0.139. The van der Waals surface area contributed by atoms with Crippen LogP contribution in [0.2, 0.25) is 0 Å². The molecule has 522 valence electrons. The summed E-state index contributed by atoms with van der Waals surface area (Å²) in [6, 6.07) is 23.9. The van der Waals surface area contributed by atoms with Crippen molar-refractivity contribution in [1.29, 1.82) is 0 Å². The Labute approximate surface area is 574 Å². The van der Waals surface area contributed by atoms with Gasteiger partial charge in [0.2, 0.25) is 0 Å². The molecule has 3 aliphatic carbocycles. The molecule has 18 nitrogen and oxygen atoms in total. The van der Waals surface area contributed by atoms with E-state index in [1.54, 1.807) is 30.5 Å². The van der Waals surface area contributed by atoms with Crippen LogP contribution < -0.4 is 14.7 Å². The maximum absolute atomic E-state index is 13.5. The summed E-state index contributed by atoms with van der Waals surface area (Å²) in [4.78, 5) is 67.2. The second-order valence-corrected chi connectivity index (χ2v) is 28.2. The van der Waals surface area contributed by atoms with Crippen molar-refractivity contribution in [2.75, 3.05) is 54.0 Å². The molecule has 0 unspecified atom stereocenters. The molecule has 6 aromatic rings. The Kier molecular flexibility index (Phi) is 22.2. The number of carbonyl (C=O) groups is 3. The molecular formula is C77H87F4N9O9. The Balaban J connectivity index is 0.000000133. The summed E-state index contributed by atoms with van der Waals surface area (Å²) in [5, 5.41) is 26.9. The van der Waals surface area contributed by atoms with Gasteiger partial charge in [-0.1, -0.05) is 0 Å². The number of hydrogen-bond acceptors (Lipinski definition) is 15. The number of benzene rings is 3. The van der Waals surface area contributed by atoms with Crippen molar-refractivity contribution in [3.05, 3.63) is 160 Å². The Bertz CT molecular complexity index is 3910. The maximum atomic E-state index is 13.5. The number of fused-ring (bicyclic) bond motifs is 3. The van der Waals surface area contributed by atoms with Crippen molar-refractivity contribution >= 4 is 69.6 Å². The van der Waals surface area contributed by atoms with Crippen LogP contribution in [0.25, 0.3) is 0 Å². The van der Waals surface area contributed by atoms with Crippen molar-refractivity contribution in [2.45, 2.75) is 184 Å². The van der Waals surface area contributed by atoms with Gasteiger partial charge < -0.3 is 44.2 Å². The molecule has 15 rings (SSSR count). The number of rotatable bonds is 18. The van der Waals surface area contributed by atoms with Gasteiger partial charge in [0, 0.05) is 119 Å². The molecule has 6 aliphatic heterocycles. The van der Waals surface area contributed by atoms with Crippen LogP contribution >= 0.6 is 0 Å². The number of halogens is 4. The van der Waals surface area contributed by atoms with Crippen molar-refractivity contribution < 1.29 is 61.5 Å². The SMILES string of the molecule is O=C(O)CC1CCC(OC2CCN(c3ccc(C4=Nc5cc(F)c(F)cc5C4)cn3)CC2)CC1.O=C(O)CC1CCC(OC2CCN(c3ccc(C4=Nc5ccc(F)cc5C4)cn3)CC2)CC1.O=C(O)CC1CCC(O[C@@H]2CCN(c3ccc(C4=Nc5ccc(F)cc5C4)cn3)C2)CC1. The van der Waals surface area contributed by atoms with Crippen molar-refractivity contribution in [3.8, 4) is 0 Å². The van der Waals surface area contributed by atoms with E-state index in [1.807, 2.05) is 42.7 Å². The minimum absolute atomic E-state index is 0.195. The lowest BCUT2D eigenvalue weighted by Gasteiger charge is -2.36. The average Bonchev–Trinajstić information content (AvgIpc) is 1.67. The number of piperidine rings is 2. The highest BCUT2D eigenvalue weighted by atomic mass is 19.2. The minimum Gasteiger partial charge on any atom is -0.481 e. The van der Waals surface area contributed by atoms with E-state index in [4.69, 9.17) is 29.5 Å². The van der Waals surface area contributed by atoms with Gasteiger partial charge in [-0.3, -0.25) is 29.4 Å². The highest BCUT2D eigenvalue weighted by Gasteiger charge is 2.33. The third-order valence-corrected chi connectivity index (χ3v) is 21.2. The zero-order valence-corrected chi connectivity index (χ0v) is 55.8. The van der Waals surface area contributed by atoms with E-state index in [2.05, 4.69) is 50.7 Å². The molecule has 3 saturated heterocycles. The van der Waals surface area contributed by atoms with Gasteiger partial charge in [-0.15, -0.1) is 0 Å². The lowest BCUT2D eigenvalue weighted by Crippen LogP contribution is -2.39. The Morgan fingerprint density at radius 1 is 0.374 bits per heavy atom. The van der Waals surface area contributed by atoms with E-state index < -0.39 is 29.5 Å². The van der Waals surface area contributed by atoms with Crippen LogP contribution in [-0.2, 0) is 47.9 Å². The van der Waals surface area contributed by atoms with E-state index in [-0.39, 0.29) is 67.5 Å². The number of anilines is 3. The molecule has 0 amide bonds. The quantitative estimate of drug-likeness (QED) is 0.0680. The first-order valence-electron chi connectivity index (χ1n) is 35.5. The van der Waals surface area contributed by atoms with E-state index in [1.165, 1.54) is 18.2 Å². The zero-order valence-electron chi connectivity index (χ0n) is 55.8. The number of pyridine rings is 3. The predicted molar refractivity (Wildman–Crippen MR) is 370 cm³/mol. The monoisotopic (exact) mass is 1360 g/mol. The van der Waals surface area contributed by atoms with Gasteiger partial charge in [-0.2, -0.15) is 0 Å². The van der Waals surface area contributed by atoms with Gasteiger partial charge in [0.25, 0.3) is 0 Å². The van der Waals surface area contributed by atoms with E-state index in [0.29, 0.717) is 48.3 Å². The Morgan fingerprint density at radius 2 is 0.697 bits per heavy atom. The molecule has 22 heteroatoms. The van der Waals surface area contributed by atoms with Crippen LogP contribution in [-0.4, -0.2) is 141 Å². The largest absolute Gasteiger partial charge is 0.481 e. The number of aliphatic carboxylic acids is 3. The molecule has 3 aromatic carbocycles. The highest BCUT2D eigenvalue weighted by molar-refractivity contribution is 6.08. The number of hydrogen-bond donors (Lipinski definition) is 3. The van der Waals surface area contributed by atoms with Gasteiger partial charge in [0.15, 0.2) is 11.6 Å². The summed E-state index contributed by atoms with van der Waals surface area (Å²) in [6.07, 6.45) is 25.8. The van der Waals surface area contributed by atoms with Crippen molar-refractivity contribution in [3.63, 3.8) is 0 Å². The molecule has 1 atom stereocenters. The molecule has 0 bridgehead atoms. The highest BCUT2D eigenvalue weighted by Crippen LogP contribution is 2.38. The molecule has 99 heavy (non-hydrogen) atoms. The third-order valence-electron chi connectivity index (χ3n) is 21.2. The number of aromatic nitrogens is 3. The zero-order chi connectivity index (χ0) is 68.5. The van der Waals surface area contributed by atoms with Crippen LogP contribution in [0.15, 0.2) is 118 Å². The molecule has 9 aliphatic rings. The first-order chi connectivity index (χ1) is 48.0. The van der Waals surface area contributed by atoms with Crippen LogP contribution in [0.3, 0.4) is 0 Å². The molecular weight excluding hydrogens is 1270 g/mol.